The number of hydrogen-bond donors (Lipinski definition) is 1. The fraction of sp³-hybridized carbons (Fsp3) is 0.643. The predicted molar refractivity (Wildman–Crippen MR) is 74.0 cm³/mol. The molecule has 1 aliphatic heterocycles. The van der Waals surface area contributed by atoms with Crippen molar-refractivity contribution in [2.45, 2.75) is 51.4 Å². The quantitative estimate of drug-likeness (QED) is 0.892. The Bertz CT molecular complexity index is 386. The summed E-state index contributed by atoms with van der Waals surface area (Å²) in [6.07, 6.45) is 7.35. The van der Waals surface area contributed by atoms with Gasteiger partial charge in [-0.2, -0.15) is 0 Å². The molecule has 1 N–H and O–H groups in total. The molecule has 1 aromatic rings. The Balaban J connectivity index is 2.04. The topological polar surface area (TPSA) is 34.2 Å². The maximum absolute atomic E-state index is 6.17. The van der Waals surface area contributed by atoms with Crippen molar-refractivity contribution < 1.29 is 4.74 Å². The zero-order chi connectivity index (χ0) is 13.0. The lowest BCUT2D eigenvalue weighted by Gasteiger charge is -2.24. The average molecular weight is 269 g/mol. The molecule has 1 fully saturated rings. The van der Waals surface area contributed by atoms with E-state index in [1.54, 1.807) is 12.4 Å². The summed E-state index contributed by atoms with van der Waals surface area (Å²) < 4.78 is 5.97. The van der Waals surface area contributed by atoms with Gasteiger partial charge >= 0.3 is 0 Å². The van der Waals surface area contributed by atoms with Gasteiger partial charge in [0.1, 0.15) is 0 Å². The van der Waals surface area contributed by atoms with Crippen LogP contribution in [-0.4, -0.2) is 29.8 Å². The minimum Gasteiger partial charge on any atom is -0.374 e. The van der Waals surface area contributed by atoms with E-state index in [2.05, 4.69) is 24.1 Å². The summed E-state index contributed by atoms with van der Waals surface area (Å²) in [5.74, 6) is 0. The Morgan fingerprint density at radius 2 is 2.39 bits per heavy atom. The van der Waals surface area contributed by atoms with E-state index in [0.717, 1.165) is 36.4 Å². The number of pyridine rings is 1. The van der Waals surface area contributed by atoms with Crippen LogP contribution in [0.3, 0.4) is 0 Å². The van der Waals surface area contributed by atoms with E-state index in [1.165, 1.54) is 0 Å². The van der Waals surface area contributed by atoms with E-state index in [-0.39, 0.29) is 0 Å². The second kappa shape index (κ2) is 6.50. The first-order valence-corrected chi connectivity index (χ1v) is 7.05. The van der Waals surface area contributed by atoms with Crippen molar-refractivity contribution in [2.24, 2.45) is 0 Å². The van der Waals surface area contributed by atoms with Gasteiger partial charge in [-0.15, -0.1) is 0 Å². The Morgan fingerprint density at radius 1 is 1.56 bits per heavy atom. The highest BCUT2D eigenvalue weighted by Crippen LogP contribution is 2.25. The second-order valence-electron chi connectivity index (χ2n) is 4.90. The van der Waals surface area contributed by atoms with E-state index in [9.17, 15) is 0 Å². The van der Waals surface area contributed by atoms with Crippen molar-refractivity contribution in [1.29, 1.82) is 0 Å². The second-order valence-corrected chi connectivity index (χ2v) is 5.31. The molecule has 1 aliphatic rings. The molecule has 3 unspecified atom stereocenters. The molecule has 0 spiro atoms. The van der Waals surface area contributed by atoms with Crippen molar-refractivity contribution >= 4 is 11.6 Å². The van der Waals surface area contributed by atoms with Gasteiger partial charge in [-0.25, -0.2) is 0 Å². The summed E-state index contributed by atoms with van der Waals surface area (Å²) in [6.45, 7) is 5.21. The third-order valence-electron chi connectivity index (χ3n) is 3.48. The summed E-state index contributed by atoms with van der Waals surface area (Å²) in [5, 5.41) is 4.26. The number of nitrogens with zero attached hydrogens (tertiary/aromatic N) is 1. The molecule has 2 heterocycles. The fourth-order valence-corrected chi connectivity index (χ4v) is 2.73. The minimum absolute atomic E-state index is 0.296. The van der Waals surface area contributed by atoms with Crippen LogP contribution >= 0.6 is 11.6 Å². The van der Waals surface area contributed by atoms with Crippen LogP contribution < -0.4 is 5.32 Å². The molecule has 0 bridgehead atoms. The van der Waals surface area contributed by atoms with Crippen LogP contribution in [0.4, 0.5) is 0 Å². The van der Waals surface area contributed by atoms with Crippen molar-refractivity contribution in [3.8, 4) is 0 Å². The minimum atomic E-state index is 0.296. The molecule has 2 rings (SSSR count). The van der Waals surface area contributed by atoms with Crippen LogP contribution in [-0.2, 0) is 11.2 Å². The van der Waals surface area contributed by atoms with Crippen LogP contribution in [0.15, 0.2) is 18.5 Å². The first-order valence-electron chi connectivity index (χ1n) is 6.68. The van der Waals surface area contributed by atoms with Gasteiger partial charge in [-0.3, -0.25) is 4.98 Å². The summed E-state index contributed by atoms with van der Waals surface area (Å²) in [6, 6.07) is 2.32. The highest BCUT2D eigenvalue weighted by molar-refractivity contribution is 6.31. The highest BCUT2D eigenvalue weighted by Gasteiger charge is 2.29. The number of rotatable bonds is 5. The lowest BCUT2D eigenvalue weighted by atomic mass is 10.00. The number of ether oxygens (including phenoxy) is 1. The van der Waals surface area contributed by atoms with Crippen molar-refractivity contribution in [2.75, 3.05) is 6.54 Å². The van der Waals surface area contributed by atoms with Gasteiger partial charge in [-0.1, -0.05) is 18.5 Å². The smallest absolute Gasteiger partial charge is 0.0735 e. The summed E-state index contributed by atoms with van der Waals surface area (Å²) in [4.78, 5) is 4.02. The Morgan fingerprint density at radius 3 is 3.00 bits per heavy atom. The molecule has 4 heteroatoms. The normalized spacial score (nSPS) is 25.3. The van der Waals surface area contributed by atoms with E-state index in [1.807, 2.05) is 6.07 Å². The van der Waals surface area contributed by atoms with Gasteiger partial charge in [-0.05, 0) is 44.4 Å². The van der Waals surface area contributed by atoms with Crippen LogP contribution in [0.25, 0.3) is 0 Å². The van der Waals surface area contributed by atoms with Crippen molar-refractivity contribution in [1.82, 2.24) is 10.3 Å². The molecule has 3 nitrogen and oxygen atoms in total. The molecule has 0 aromatic carbocycles. The molecule has 1 aromatic heterocycles. The van der Waals surface area contributed by atoms with Gasteiger partial charge in [0.05, 0.1) is 17.2 Å². The first-order chi connectivity index (χ1) is 8.70. The van der Waals surface area contributed by atoms with Crippen LogP contribution in [0.2, 0.25) is 5.02 Å². The molecule has 0 saturated carbocycles. The van der Waals surface area contributed by atoms with Gasteiger partial charge in [0, 0.05) is 18.4 Å². The number of halogens is 1. The fourth-order valence-electron chi connectivity index (χ4n) is 2.53. The predicted octanol–water partition coefficient (Wildman–Crippen LogP) is 2.82. The SMILES string of the molecule is CCNC(Cc1ccncc1Cl)C1CCC(C)O1. The van der Waals surface area contributed by atoms with Crippen LogP contribution in [0.1, 0.15) is 32.3 Å². The molecule has 0 amide bonds. The first kappa shape index (κ1) is 13.8. The number of hydrogen-bond acceptors (Lipinski definition) is 3. The number of aromatic nitrogens is 1. The molecular weight excluding hydrogens is 248 g/mol. The van der Waals surface area contributed by atoms with E-state index in [4.69, 9.17) is 16.3 Å². The molecule has 0 radical (unpaired) electrons. The van der Waals surface area contributed by atoms with Crippen LogP contribution in [0.5, 0.6) is 0 Å². The molecule has 100 valence electrons. The summed E-state index contributed by atoms with van der Waals surface area (Å²) >= 11 is 6.17. The van der Waals surface area contributed by atoms with E-state index >= 15 is 0 Å². The zero-order valence-electron chi connectivity index (χ0n) is 11.0. The monoisotopic (exact) mass is 268 g/mol. The largest absolute Gasteiger partial charge is 0.374 e. The molecule has 0 aliphatic carbocycles. The van der Waals surface area contributed by atoms with Gasteiger partial charge in [0.15, 0.2) is 0 Å². The molecule has 18 heavy (non-hydrogen) atoms. The third-order valence-corrected chi connectivity index (χ3v) is 3.82. The van der Waals surface area contributed by atoms with Crippen molar-refractivity contribution in [3.63, 3.8) is 0 Å². The Hall–Kier alpha value is -0.640. The van der Waals surface area contributed by atoms with Crippen molar-refractivity contribution in [3.05, 3.63) is 29.0 Å². The lowest BCUT2D eigenvalue weighted by molar-refractivity contribution is 0.0324. The molecule has 3 atom stereocenters. The van der Waals surface area contributed by atoms with Crippen LogP contribution in [0, 0.1) is 0 Å². The summed E-state index contributed by atoms with van der Waals surface area (Å²) in [5.41, 5.74) is 1.14. The number of nitrogens with one attached hydrogen (secondary N) is 1. The third kappa shape index (κ3) is 3.44. The Kier molecular flexibility index (Phi) is 4.98. The maximum Gasteiger partial charge on any atom is 0.0735 e. The summed E-state index contributed by atoms with van der Waals surface area (Å²) in [7, 11) is 0. The van der Waals surface area contributed by atoms with E-state index < -0.39 is 0 Å². The maximum atomic E-state index is 6.17. The number of likely N-dealkylation sites (N-methyl/N-ethyl adjacent to an activating group) is 1. The lowest BCUT2D eigenvalue weighted by Crippen LogP contribution is -2.41. The van der Waals surface area contributed by atoms with Gasteiger partial charge in [0.2, 0.25) is 0 Å². The molecule has 1 saturated heterocycles. The van der Waals surface area contributed by atoms with Gasteiger partial charge < -0.3 is 10.1 Å². The average Bonchev–Trinajstić information content (AvgIpc) is 2.78. The Labute approximate surface area is 114 Å². The zero-order valence-corrected chi connectivity index (χ0v) is 11.8. The molecular formula is C14H21ClN2O. The van der Waals surface area contributed by atoms with E-state index in [0.29, 0.717) is 18.2 Å². The highest BCUT2D eigenvalue weighted by atomic mass is 35.5. The standard InChI is InChI=1S/C14H21ClN2O/c1-3-17-13(14-5-4-10(2)18-14)8-11-6-7-16-9-12(11)15/h6-7,9-10,13-14,17H,3-5,8H2,1-2H3. The van der Waals surface area contributed by atoms with Gasteiger partial charge in [0.25, 0.3) is 0 Å².